The molecule has 0 bridgehead atoms. The molecular formula is C10H20N2O4S2. The van der Waals surface area contributed by atoms with Crippen LogP contribution >= 0.6 is 11.8 Å². The summed E-state index contributed by atoms with van der Waals surface area (Å²) in [7, 11) is -1.00. The number of urea groups is 1. The van der Waals surface area contributed by atoms with Gasteiger partial charge in [-0.3, -0.25) is 4.21 Å². The van der Waals surface area contributed by atoms with Crippen LogP contribution in [-0.2, 0) is 15.6 Å². The molecule has 8 heteroatoms. The van der Waals surface area contributed by atoms with Crippen LogP contribution in [0.3, 0.4) is 0 Å². The highest BCUT2D eigenvalue weighted by atomic mass is 32.2. The maximum Gasteiger partial charge on any atom is 0.326 e. The summed E-state index contributed by atoms with van der Waals surface area (Å²) in [5.74, 6) is -0.0483. The average molecular weight is 296 g/mol. The van der Waals surface area contributed by atoms with Crippen LogP contribution in [-0.4, -0.2) is 57.4 Å². The first-order valence-corrected chi connectivity index (χ1v) is 8.57. The van der Waals surface area contributed by atoms with E-state index in [1.54, 1.807) is 13.2 Å². The fraction of sp³-hybridized carbons (Fsp3) is 0.800. The summed E-state index contributed by atoms with van der Waals surface area (Å²) in [6, 6.07) is -1.69. The highest BCUT2D eigenvalue weighted by Crippen LogP contribution is 2.01. The first-order valence-electron chi connectivity index (χ1n) is 5.45. The molecule has 3 N–H and O–H groups in total. The molecule has 106 valence electrons. The van der Waals surface area contributed by atoms with E-state index in [0.717, 1.165) is 0 Å². The van der Waals surface area contributed by atoms with Crippen LogP contribution in [0.15, 0.2) is 0 Å². The molecule has 0 aromatic heterocycles. The van der Waals surface area contributed by atoms with E-state index in [1.165, 1.54) is 11.8 Å². The Hall–Kier alpha value is -0.760. The molecule has 0 fully saturated rings. The van der Waals surface area contributed by atoms with E-state index < -0.39 is 28.8 Å². The number of hydrogen-bond acceptors (Lipinski definition) is 4. The maximum absolute atomic E-state index is 11.5. The molecule has 6 nitrogen and oxygen atoms in total. The minimum Gasteiger partial charge on any atom is -0.480 e. The van der Waals surface area contributed by atoms with E-state index in [4.69, 9.17) is 5.11 Å². The van der Waals surface area contributed by atoms with E-state index in [1.807, 2.05) is 6.26 Å². The third kappa shape index (κ3) is 8.35. The molecule has 0 radical (unpaired) electrons. The Morgan fingerprint density at radius 3 is 2.44 bits per heavy atom. The van der Waals surface area contributed by atoms with Gasteiger partial charge in [0.05, 0.1) is 0 Å². The zero-order valence-corrected chi connectivity index (χ0v) is 12.4. The largest absolute Gasteiger partial charge is 0.480 e. The highest BCUT2D eigenvalue weighted by Gasteiger charge is 2.20. The first-order chi connectivity index (χ1) is 8.36. The van der Waals surface area contributed by atoms with E-state index in [0.29, 0.717) is 17.9 Å². The Balaban J connectivity index is 4.16. The molecule has 0 aliphatic carbocycles. The predicted octanol–water partition coefficient (Wildman–Crippen LogP) is 0.259. The molecule has 18 heavy (non-hydrogen) atoms. The lowest BCUT2D eigenvalue weighted by Crippen LogP contribution is -2.49. The van der Waals surface area contributed by atoms with Gasteiger partial charge in [-0.2, -0.15) is 11.8 Å². The van der Waals surface area contributed by atoms with Crippen LogP contribution in [0.2, 0.25) is 0 Å². The summed E-state index contributed by atoms with van der Waals surface area (Å²) in [5.41, 5.74) is 0. The van der Waals surface area contributed by atoms with Crippen molar-refractivity contribution in [2.45, 2.75) is 25.4 Å². The molecule has 2 amide bonds. The maximum atomic E-state index is 11.5. The third-order valence-electron chi connectivity index (χ3n) is 2.08. The lowest BCUT2D eigenvalue weighted by molar-refractivity contribution is -0.139. The molecule has 3 atom stereocenters. The number of carboxylic acids is 1. The van der Waals surface area contributed by atoms with Gasteiger partial charge in [-0.25, -0.2) is 9.59 Å². The van der Waals surface area contributed by atoms with E-state index >= 15 is 0 Å². The fourth-order valence-corrected chi connectivity index (χ4v) is 2.57. The van der Waals surface area contributed by atoms with Crippen molar-refractivity contribution in [1.82, 2.24) is 10.6 Å². The SMILES string of the molecule is CSCC[C@@H](NC(=O)NC(C)CS(C)=O)C(=O)O. The summed E-state index contributed by atoms with van der Waals surface area (Å²) in [6.07, 6.45) is 3.80. The van der Waals surface area contributed by atoms with Crippen LogP contribution in [0.25, 0.3) is 0 Å². The number of carboxylic acid groups (broad SMARTS) is 1. The Morgan fingerprint density at radius 2 is 2.00 bits per heavy atom. The highest BCUT2D eigenvalue weighted by molar-refractivity contribution is 7.98. The van der Waals surface area contributed by atoms with Crippen molar-refractivity contribution in [2.75, 3.05) is 24.0 Å². The molecule has 0 saturated carbocycles. The molecule has 0 rings (SSSR count). The smallest absolute Gasteiger partial charge is 0.326 e. The van der Waals surface area contributed by atoms with Crippen molar-refractivity contribution in [3.05, 3.63) is 0 Å². The van der Waals surface area contributed by atoms with Crippen LogP contribution in [0.5, 0.6) is 0 Å². The number of thioether (sulfide) groups is 1. The summed E-state index contributed by atoms with van der Waals surface area (Å²) in [6.45, 7) is 1.72. The molecule has 0 aliphatic heterocycles. The molecule has 0 aromatic carbocycles. The van der Waals surface area contributed by atoms with Crippen LogP contribution in [0.4, 0.5) is 4.79 Å². The Bertz CT molecular complexity index is 312. The molecule has 0 heterocycles. The number of nitrogens with one attached hydrogen (secondary N) is 2. The van der Waals surface area contributed by atoms with Gasteiger partial charge in [-0.05, 0) is 25.4 Å². The second-order valence-corrected chi connectivity index (χ2v) is 6.40. The van der Waals surface area contributed by atoms with Crippen LogP contribution in [0, 0.1) is 0 Å². The van der Waals surface area contributed by atoms with Gasteiger partial charge in [-0.1, -0.05) is 0 Å². The summed E-state index contributed by atoms with van der Waals surface area (Å²) >= 11 is 1.52. The van der Waals surface area contributed by atoms with Gasteiger partial charge in [0.15, 0.2) is 0 Å². The monoisotopic (exact) mass is 296 g/mol. The minimum atomic E-state index is -1.05. The quantitative estimate of drug-likeness (QED) is 0.597. The Kier molecular flexibility index (Phi) is 8.82. The Morgan fingerprint density at radius 1 is 1.39 bits per heavy atom. The van der Waals surface area contributed by atoms with Crippen molar-refractivity contribution in [3.63, 3.8) is 0 Å². The molecule has 0 aliphatic rings. The number of rotatable bonds is 8. The second kappa shape index (κ2) is 9.21. The average Bonchev–Trinajstić information content (AvgIpc) is 2.22. The molecule has 0 spiro atoms. The van der Waals surface area contributed by atoms with E-state index in [-0.39, 0.29) is 6.04 Å². The summed E-state index contributed by atoms with van der Waals surface area (Å²) in [4.78, 5) is 22.4. The topological polar surface area (TPSA) is 95.5 Å². The number of hydrogen-bond donors (Lipinski definition) is 3. The summed E-state index contributed by atoms with van der Waals surface area (Å²) < 4.78 is 10.9. The second-order valence-electron chi connectivity index (χ2n) is 3.93. The number of carbonyl (C=O) groups excluding carboxylic acids is 1. The molecule has 0 aromatic rings. The number of carbonyl (C=O) groups is 2. The van der Waals surface area contributed by atoms with Gasteiger partial charge in [-0.15, -0.1) is 0 Å². The lowest BCUT2D eigenvalue weighted by atomic mass is 10.2. The van der Waals surface area contributed by atoms with Crippen molar-refractivity contribution in [1.29, 1.82) is 0 Å². The van der Waals surface area contributed by atoms with Gasteiger partial charge in [0.1, 0.15) is 6.04 Å². The van der Waals surface area contributed by atoms with Crippen molar-refractivity contribution >= 4 is 34.6 Å². The normalized spacial score (nSPS) is 15.5. The van der Waals surface area contributed by atoms with Gasteiger partial charge in [0, 0.05) is 28.9 Å². The molecule has 0 saturated heterocycles. The minimum absolute atomic E-state index is 0.258. The zero-order valence-electron chi connectivity index (χ0n) is 10.8. The zero-order chi connectivity index (χ0) is 14.1. The van der Waals surface area contributed by atoms with Gasteiger partial charge in [0.25, 0.3) is 0 Å². The summed E-state index contributed by atoms with van der Waals surface area (Å²) in [5, 5.41) is 13.9. The molecule has 2 unspecified atom stereocenters. The Labute approximate surface area is 114 Å². The van der Waals surface area contributed by atoms with Gasteiger partial charge < -0.3 is 15.7 Å². The van der Waals surface area contributed by atoms with Gasteiger partial charge >= 0.3 is 12.0 Å². The predicted molar refractivity (Wildman–Crippen MR) is 74.5 cm³/mol. The van der Waals surface area contributed by atoms with Crippen molar-refractivity contribution < 1.29 is 18.9 Å². The standard InChI is InChI=1S/C10H20N2O4S2/c1-7(6-18(3)16)11-10(15)12-8(9(13)14)4-5-17-2/h7-8H,4-6H2,1-3H3,(H,13,14)(H2,11,12,15)/t7?,8-,18?/m1/s1. The lowest BCUT2D eigenvalue weighted by Gasteiger charge is -2.17. The van der Waals surface area contributed by atoms with Crippen LogP contribution in [0.1, 0.15) is 13.3 Å². The molecular weight excluding hydrogens is 276 g/mol. The number of amides is 2. The van der Waals surface area contributed by atoms with Crippen LogP contribution < -0.4 is 10.6 Å². The fourth-order valence-electron chi connectivity index (χ4n) is 1.31. The van der Waals surface area contributed by atoms with Crippen molar-refractivity contribution in [2.24, 2.45) is 0 Å². The van der Waals surface area contributed by atoms with Gasteiger partial charge in [0.2, 0.25) is 0 Å². The van der Waals surface area contributed by atoms with E-state index in [9.17, 15) is 13.8 Å². The van der Waals surface area contributed by atoms with E-state index in [2.05, 4.69) is 10.6 Å². The first kappa shape index (κ1) is 17.2. The third-order valence-corrected chi connectivity index (χ3v) is 3.69. The number of aliphatic carboxylic acids is 1. The van der Waals surface area contributed by atoms with Crippen molar-refractivity contribution in [3.8, 4) is 0 Å².